The lowest BCUT2D eigenvalue weighted by molar-refractivity contribution is 0.327. The molecule has 2 rings (SSSR count). The Labute approximate surface area is 110 Å². The fraction of sp³-hybridized carbons (Fsp3) is 0.600. The number of rotatable bonds is 3. The summed E-state index contributed by atoms with van der Waals surface area (Å²) in [6.45, 7) is 4.37. The number of hydrogen-bond acceptors (Lipinski definition) is 1. The molecule has 2 unspecified atom stereocenters. The van der Waals surface area contributed by atoms with Crippen LogP contribution in [0.3, 0.4) is 0 Å². The molecule has 17 heavy (non-hydrogen) atoms. The zero-order valence-electron chi connectivity index (χ0n) is 10.8. The monoisotopic (exact) mass is 251 g/mol. The Morgan fingerprint density at radius 3 is 2.88 bits per heavy atom. The van der Waals surface area contributed by atoms with Crippen molar-refractivity contribution in [3.63, 3.8) is 0 Å². The smallest absolute Gasteiger partial charge is 0.0640 e. The van der Waals surface area contributed by atoms with Crippen LogP contribution in [-0.2, 0) is 0 Å². The molecule has 2 atom stereocenters. The van der Waals surface area contributed by atoms with E-state index in [9.17, 15) is 0 Å². The highest BCUT2D eigenvalue weighted by atomic mass is 35.5. The maximum atomic E-state index is 6.26. The average molecular weight is 252 g/mol. The van der Waals surface area contributed by atoms with E-state index in [0.717, 1.165) is 16.6 Å². The van der Waals surface area contributed by atoms with Crippen molar-refractivity contribution in [1.29, 1.82) is 0 Å². The van der Waals surface area contributed by atoms with Crippen LogP contribution in [-0.4, -0.2) is 6.04 Å². The first-order valence-corrected chi connectivity index (χ1v) is 7.09. The topological polar surface area (TPSA) is 12.0 Å². The van der Waals surface area contributed by atoms with Crippen LogP contribution in [0.15, 0.2) is 18.2 Å². The van der Waals surface area contributed by atoms with Gasteiger partial charge in [0.25, 0.3) is 0 Å². The van der Waals surface area contributed by atoms with E-state index in [1.54, 1.807) is 0 Å². The Hall–Kier alpha value is -0.690. The Kier molecular flexibility index (Phi) is 4.33. The summed E-state index contributed by atoms with van der Waals surface area (Å²) in [5.74, 6) is 0.894. The fourth-order valence-corrected chi connectivity index (χ4v) is 3.04. The van der Waals surface area contributed by atoms with Gasteiger partial charge in [0.05, 0.1) is 10.7 Å². The van der Waals surface area contributed by atoms with Crippen molar-refractivity contribution in [2.24, 2.45) is 5.92 Å². The molecule has 0 spiro atoms. The van der Waals surface area contributed by atoms with Gasteiger partial charge in [0, 0.05) is 6.04 Å². The molecule has 0 aliphatic heterocycles. The van der Waals surface area contributed by atoms with E-state index in [-0.39, 0.29) is 0 Å². The van der Waals surface area contributed by atoms with Gasteiger partial charge < -0.3 is 5.32 Å². The standard InChI is InChI=1S/C15H22ClN/c1-3-12-5-4-6-13(10-12)17-15-8-7-11(2)9-14(15)16/h7-9,12-13,17H,3-6,10H2,1-2H3. The summed E-state index contributed by atoms with van der Waals surface area (Å²) >= 11 is 6.26. The van der Waals surface area contributed by atoms with Gasteiger partial charge in [-0.15, -0.1) is 0 Å². The van der Waals surface area contributed by atoms with Crippen molar-refractivity contribution < 1.29 is 0 Å². The third-order valence-electron chi connectivity index (χ3n) is 3.84. The second kappa shape index (κ2) is 5.77. The van der Waals surface area contributed by atoms with Gasteiger partial charge in [-0.2, -0.15) is 0 Å². The minimum atomic E-state index is 0.605. The molecule has 94 valence electrons. The number of benzene rings is 1. The maximum Gasteiger partial charge on any atom is 0.0640 e. The van der Waals surface area contributed by atoms with Crippen molar-refractivity contribution in [1.82, 2.24) is 0 Å². The molecule has 1 aliphatic rings. The third kappa shape index (κ3) is 3.38. The molecule has 0 aromatic heterocycles. The Morgan fingerprint density at radius 2 is 2.18 bits per heavy atom. The summed E-state index contributed by atoms with van der Waals surface area (Å²) in [5, 5.41) is 4.46. The Bertz CT molecular complexity index is 375. The summed E-state index contributed by atoms with van der Waals surface area (Å²) in [4.78, 5) is 0. The first-order chi connectivity index (χ1) is 8.19. The first-order valence-electron chi connectivity index (χ1n) is 6.71. The van der Waals surface area contributed by atoms with Gasteiger partial charge in [-0.3, -0.25) is 0 Å². The summed E-state index contributed by atoms with van der Waals surface area (Å²) in [6, 6.07) is 6.86. The molecule has 1 aromatic carbocycles. The summed E-state index contributed by atoms with van der Waals surface area (Å²) < 4.78 is 0. The molecular weight excluding hydrogens is 230 g/mol. The average Bonchev–Trinajstić information content (AvgIpc) is 2.33. The number of hydrogen-bond donors (Lipinski definition) is 1. The number of halogens is 1. The predicted octanol–water partition coefficient (Wildman–Crippen LogP) is 5.03. The number of anilines is 1. The van der Waals surface area contributed by atoms with E-state index in [0.29, 0.717) is 6.04 Å². The fourth-order valence-electron chi connectivity index (χ4n) is 2.75. The van der Waals surface area contributed by atoms with Crippen LogP contribution in [0.4, 0.5) is 5.69 Å². The van der Waals surface area contributed by atoms with Crippen LogP contribution in [0.1, 0.15) is 44.6 Å². The zero-order valence-corrected chi connectivity index (χ0v) is 11.6. The van der Waals surface area contributed by atoms with Crippen molar-refractivity contribution >= 4 is 17.3 Å². The van der Waals surface area contributed by atoms with Crippen LogP contribution in [0.5, 0.6) is 0 Å². The number of aryl methyl sites for hydroxylation is 1. The van der Waals surface area contributed by atoms with Gasteiger partial charge in [-0.05, 0) is 43.4 Å². The van der Waals surface area contributed by atoms with Crippen molar-refractivity contribution in [3.05, 3.63) is 28.8 Å². The molecule has 1 fully saturated rings. The van der Waals surface area contributed by atoms with Crippen LogP contribution < -0.4 is 5.32 Å². The molecule has 1 aliphatic carbocycles. The van der Waals surface area contributed by atoms with Gasteiger partial charge in [0.1, 0.15) is 0 Å². The maximum absolute atomic E-state index is 6.26. The molecule has 0 heterocycles. The highest BCUT2D eigenvalue weighted by Crippen LogP contribution is 2.31. The van der Waals surface area contributed by atoms with Crippen molar-refractivity contribution in [2.75, 3.05) is 5.32 Å². The lowest BCUT2D eigenvalue weighted by atomic mass is 9.84. The minimum Gasteiger partial charge on any atom is -0.381 e. The van der Waals surface area contributed by atoms with Gasteiger partial charge in [0.15, 0.2) is 0 Å². The molecule has 0 radical (unpaired) electrons. The molecule has 1 nitrogen and oxygen atoms in total. The number of nitrogens with one attached hydrogen (secondary N) is 1. The largest absolute Gasteiger partial charge is 0.381 e. The molecule has 1 saturated carbocycles. The summed E-state index contributed by atoms with van der Waals surface area (Å²) in [5.41, 5.74) is 2.31. The highest BCUT2D eigenvalue weighted by molar-refractivity contribution is 6.33. The first kappa shape index (κ1) is 12.8. The van der Waals surface area contributed by atoms with Crippen LogP contribution in [0, 0.1) is 12.8 Å². The van der Waals surface area contributed by atoms with E-state index in [1.165, 1.54) is 37.7 Å². The summed E-state index contributed by atoms with van der Waals surface area (Å²) in [7, 11) is 0. The van der Waals surface area contributed by atoms with Gasteiger partial charge in [-0.1, -0.05) is 43.9 Å². The third-order valence-corrected chi connectivity index (χ3v) is 4.16. The van der Waals surface area contributed by atoms with Gasteiger partial charge in [0.2, 0.25) is 0 Å². The molecule has 0 amide bonds. The quantitative estimate of drug-likeness (QED) is 0.795. The highest BCUT2D eigenvalue weighted by Gasteiger charge is 2.20. The minimum absolute atomic E-state index is 0.605. The van der Waals surface area contributed by atoms with E-state index < -0.39 is 0 Å². The second-order valence-corrected chi connectivity index (χ2v) is 5.67. The second-order valence-electron chi connectivity index (χ2n) is 5.27. The molecular formula is C15H22ClN. The van der Waals surface area contributed by atoms with Gasteiger partial charge in [-0.25, -0.2) is 0 Å². The SMILES string of the molecule is CCC1CCCC(Nc2ccc(C)cc2Cl)C1. The molecule has 0 bridgehead atoms. The molecule has 1 aromatic rings. The summed E-state index contributed by atoms with van der Waals surface area (Å²) in [6.07, 6.45) is 6.62. The van der Waals surface area contributed by atoms with Crippen molar-refractivity contribution in [3.8, 4) is 0 Å². The Morgan fingerprint density at radius 1 is 1.35 bits per heavy atom. The zero-order chi connectivity index (χ0) is 12.3. The molecule has 0 saturated heterocycles. The predicted molar refractivity (Wildman–Crippen MR) is 75.8 cm³/mol. The van der Waals surface area contributed by atoms with E-state index in [4.69, 9.17) is 11.6 Å². The van der Waals surface area contributed by atoms with E-state index in [1.807, 2.05) is 6.07 Å². The lowest BCUT2D eigenvalue weighted by Gasteiger charge is -2.30. The van der Waals surface area contributed by atoms with Crippen LogP contribution in [0.2, 0.25) is 5.02 Å². The van der Waals surface area contributed by atoms with Crippen molar-refractivity contribution in [2.45, 2.75) is 52.0 Å². The lowest BCUT2D eigenvalue weighted by Crippen LogP contribution is -2.27. The van der Waals surface area contributed by atoms with Crippen LogP contribution >= 0.6 is 11.6 Å². The van der Waals surface area contributed by atoms with E-state index >= 15 is 0 Å². The molecule has 2 heteroatoms. The normalized spacial score (nSPS) is 24.6. The van der Waals surface area contributed by atoms with Crippen LogP contribution in [0.25, 0.3) is 0 Å². The van der Waals surface area contributed by atoms with E-state index in [2.05, 4.69) is 31.3 Å². The molecule has 1 N–H and O–H groups in total. The van der Waals surface area contributed by atoms with Gasteiger partial charge >= 0.3 is 0 Å². The Balaban J connectivity index is 2.00.